The molecule has 4 heteroatoms. The highest BCUT2D eigenvalue weighted by atomic mass is 33.1. The molecule has 1 aromatic rings. The highest BCUT2D eigenvalue weighted by Gasteiger charge is 2.07. The van der Waals surface area contributed by atoms with E-state index in [4.69, 9.17) is 0 Å². The van der Waals surface area contributed by atoms with Crippen LogP contribution in [0.1, 0.15) is 11.1 Å². The summed E-state index contributed by atoms with van der Waals surface area (Å²) in [5.74, 6) is 0. The predicted molar refractivity (Wildman–Crippen MR) is 56.6 cm³/mol. The average molecular weight is 216 g/mol. The summed E-state index contributed by atoms with van der Waals surface area (Å²) in [7, 11) is -2.09. The van der Waals surface area contributed by atoms with Crippen LogP contribution in [0.2, 0.25) is 0 Å². The minimum Gasteiger partial charge on any atom is -0.217 e. The summed E-state index contributed by atoms with van der Waals surface area (Å²) in [4.78, 5) is 0.822. The van der Waals surface area contributed by atoms with Crippen LogP contribution in [0.5, 0.6) is 0 Å². The molecule has 0 heterocycles. The molecule has 0 saturated carbocycles. The minimum atomic E-state index is -3.00. The Balaban J connectivity index is 3.08. The number of hydrogen-bond acceptors (Lipinski definition) is 3. The Bertz CT molecular complexity index is 408. The maximum atomic E-state index is 11.0. The number of hydrogen-bond donors (Lipinski definition) is 0. The second-order valence-corrected chi connectivity index (χ2v) is 7.39. The summed E-state index contributed by atoms with van der Waals surface area (Å²) >= 11 is 0. The van der Waals surface area contributed by atoms with Crippen molar-refractivity contribution in [1.82, 2.24) is 0 Å². The average Bonchev–Trinajstić information content (AvgIpc) is 1.94. The predicted octanol–water partition coefficient (Wildman–Crippen LogP) is 2.36. The van der Waals surface area contributed by atoms with Crippen LogP contribution in [-0.4, -0.2) is 14.7 Å². The zero-order chi connectivity index (χ0) is 10.1. The molecule has 1 rings (SSSR count). The summed E-state index contributed by atoms with van der Waals surface area (Å²) in [6.45, 7) is 3.86. The number of rotatable bonds is 2. The van der Waals surface area contributed by atoms with E-state index >= 15 is 0 Å². The largest absolute Gasteiger partial charge is 0.217 e. The van der Waals surface area contributed by atoms with E-state index < -0.39 is 8.87 Å². The molecule has 1 aromatic carbocycles. The number of benzene rings is 1. The van der Waals surface area contributed by atoms with Crippen LogP contribution in [0.3, 0.4) is 0 Å². The third-order valence-corrected chi connectivity index (χ3v) is 3.95. The molecule has 0 unspecified atom stereocenters. The zero-order valence-corrected chi connectivity index (χ0v) is 9.50. The molecule has 0 aromatic heterocycles. The lowest BCUT2D eigenvalue weighted by Crippen LogP contribution is -1.90. The first kappa shape index (κ1) is 10.6. The van der Waals surface area contributed by atoms with Gasteiger partial charge in [-0.1, -0.05) is 12.1 Å². The standard InChI is InChI=1S/C9H12O2S2/c1-7-4-5-8(2)9(6-7)12-13(3,10)11/h4-6H,1-3H3. The van der Waals surface area contributed by atoms with Gasteiger partial charge >= 0.3 is 0 Å². The smallest absolute Gasteiger partial charge is 0.203 e. The van der Waals surface area contributed by atoms with Crippen molar-refractivity contribution in [1.29, 1.82) is 0 Å². The van der Waals surface area contributed by atoms with Gasteiger partial charge in [0.15, 0.2) is 0 Å². The zero-order valence-electron chi connectivity index (χ0n) is 7.87. The Morgan fingerprint density at radius 2 is 1.85 bits per heavy atom. The van der Waals surface area contributed by atoms with E-state index in [0.29, 0.717) is 0 Å². The molecule has 0 radical (unpaired) electrons. The molecule has 0 aliphatic heterocycles. The Labute approximate surface area is 82.7 Å². The van der Waals surface area contributed by atoms with Crippen LogP contribution in [-0.2, 0) is 8.87 Å². The maximum absolute atomic E-state index is 11.0. The van der Waals surface area contributed by atoms with E-state index in [1.807, 2.05) is 32.0 Å². The molecule has 0 aliphatic rings. The van der Waals surface area contributed by atoms with Gasteiger partial charge in [0.1, 0.15) is 0 Å². The Kier molecular flexibility index (Phi) is 3.03. The van der Waals surface area contributed by atoms with Crippen LogP contribution < -0.4 is 0 Å². The number of aryl methyl sites for hydroxylation is 2. The van der Waals surface area contributed by atoms with Gasteiger partial charge in [0, 0.05) is 21.9 Å². The first-order chi connectivity index (χ1) is 5.88. The van der Waals surface area contributed by atoms with Gasteiger partial charge in [-0.25, -0.2) is 8.42 Å². The van der Waals surface area contributed by atoms with E-state index in [-0.39, 0.29) is 0 Å². The van der Waals surface area contributed by atoms with Crippen molar-refractivity contribution in [3.05, 3.63) is 29.3 Å². The molecule has 0 atom stereocenters. The molecule has 13 heavy (non-hydrogen) atoms. The van der Waals surface area contributed by atoms with Gasteiger partial charge in [-0.3, -0.25) is 0 Å². The maximum Gasteiger partial charge on any atom is 0.203 e. The Hall–Kier alpha value is -0.480. The normalized spacial score (nSPS) is 11.6. The second-order valence-electron chi connectivity index (χ2n) is 3.06. The molecule has 72 valence electrons. The molecular formula is C9H12O2S2. The van der Waals surface area contributed by atoms with Crippen LogP contribution >= 0.6 is 10.8 Å². The second kappa shape index (κ2) is 3.72. The highest BCUT2D eigenvalue weighted by molar-refractivity contribution is 8.71. The van der Waals surface area contributed by atoms with Gasteiger partial charge in [0.25, 0.3) is 0 Å². The molecule has 0 spiro atoms. The Morgan fingerprint density at radius 3 is 2.38 bits per heavy atom. The first-order valence-electron chi connectivity index (χ1n) is 3.85. The van der Waals surface area contributed by atoms with E-state index in [2.05, 4.69) is 0 Å². The van der Waals surface area contributed by atoms with E-state index in [1.165, 1.54) is 6.26 Å². The monoisotopic (exact) mass is 216 g/mol. The van der Waals surface area contributed by atoms with E-state index in [1.54, 1.807) is 0 Å². The van der Waals surface area contributed by atoms with Crippen molar-refractivity contribution in [3.8, 4) is 0 Å². The van der Waals surface area contributed by atoms with Crippen molar-refractivity contribution in [3.63, 3.8) is 0 Å². The molecular weight excluding hydrogens is 204 g/mol. The van der Waals surface area contributed by atoms with Gasteiger partial charge in [0.2, 0.25) is 8.87 Å². The van der Waals surface area contributed by atoms with Gasteiger partial charge in [0.05, 0.1) is 0 Å². The van der Waals surface area contributed by atoms with Gasteiger partial charge in [-0.2, -0.15) is 0 Å². The van der Waals surface area contributed by atoms with E-state index in [0.717, 1.165) is 26.8 Å². The lowest BCUT2D eigenvalue weighted by Gasteiger charge is -2.03. The fourth-order valence-corrected chi connectivity index (χ4v) is 3.24. The van der Waals surface area contributed by atoms with Crippen LogP contribution in [0.25, 0.3) is 0 Å². The third kappa shape index (κ3) is 3.40. The molecule has 0 bridgehead atoms. The van der Waals surface area contributed by atoms with Crippen molar-refractivity contribution < 1.29 is 8.42 Å². The summed E-state index contributed by atoms with van der Waals surface area (Å²) < 4.78 is 22.1. The van der Waals surface area contributed by atoms with Gasteiger partial charge in [-0.15, -0.1) is 0 Å². The third-order valence-electron chi connectivity index (χ3n) is 1.58. The van der Waals surface area contributed by atoms with Crippen LogP contribution in [0.4, 0.5) is 0 Å². The van der Waals surface area contributed by atoms with Crippen LogP contribution in [0.15, 0.2) is 23.1 Å². The van der Waals surface area contributed by atoms with Gasteiger partial charge < -0.3 is 0 Å². The fourth-order valence-electron chi connectivity index (χ4n) is 0.960. The van der Waals surface area contributed by atoms with Crippen molar-refractivity contribution in [2.75, 3.05) is 6.26 Å². The first-order valence-corrected chi connectivity index (χ1v) is 7.08. The summed E-state index contributed by atoms with van der Waals surface area (Å²) in [5, 5.41) is 0. The molecule has 0 fully saturated rings. The molecule has 0 N–H and O–H groups in total. The highest BCUT2D eigenvalue weighted by Crippen LogP contribution is 2.27. The Morgan fingerprint density at radius 1 is 1.23 bits per heavy atom. The SMILES string of the molecule is Cc1ccc(C)c(SS(C)(=O)=O)c1. The van der Waals surface area contributed by atoms with Crippen molar-refractivity contribution in [2.24, 2.45) is 0 Å². The molecule has 2 nitrogen and oxygen atoms in total. The van der Waals surface area contributed by atoms with Gasteiger partial charge in [-0.05, 0) is 31.0 Å². The summed E-state index contributed by atoms with van der Waals surface area (Å²) in [5.41, 5.74) is 2.08. The summed E-state index contributed by atoms with van der Waals surface area (Å²) in [6, 6.07) is 5.80. The minimum absolute atomic E-state index is 0.822. The van der Waals surface area contributed by atoms with Crippen molar-refractivity contribution in [2.45, 2.75) is 18.7 Å². The summed E-state index contributed by atoms with van der Waals surface area (Å²) in [6.07, 6.45) is 1.22. The van der Waals surface area contributed by atoms with E-state index in [9.17, 15) is 8.42 Å². The lowest BCUT2D eigenvalue weighted by atomic mass is 10.2. The quantitative estimate of drug-likeness (QED) is 0.712. The topological polar surface area (TPSA) is 34.1 Å². The van der Waals surface area contributed by atoms with Crippen molar-refractivity contribution >= 4 is 19.7 Å². The van der Waals surface area contributed by atoms with Crippen LogP contribution in [0, 0.1) is 13.8 Å². The fraction of sp³-hybridized carbons (Fsp3) is 0.333. The molecule has 0 aliphatic carbocycles. The lowest BCUT2D eigenvalue weighted by molar-refractivity contribution is 0.615. The molecule has 0 amide bonds. The molecule has 0 saturated heterocycles.